The van der Waals surface area contributed by atoms with E-state index in [1.807, 2.05) is 13.1 Å². The minimum absolute atomic E-state index is 0.230. The van der Waals surface area contributed by atoms with Gasteiger partial charge in [0, 0.05) is 29.3 Å². The standard InChI is InChI=1S/C10H12N2OS/c1-7-11-5-10(14-7)6-12-8-2-3-9(13)4-8/h4-5,12H,2-3,6H2,1H3. The number of allylic oxidation sites excluding steroid dienone is 2. The summed E-state index contributed by atoms with van der Waals surface area (Å²) in [6.45, 7) is 2.77. The average molecular weight is 208 g/mol. The highest BCUT2D eigenvalue weighted by molar-refractivity contribution is 7.11. The second-order valence-electron chi connectivity index (χ2n) is 3.34. The maximum absolute atomic E-state index is 10.9. The summed E-state index contributed by atoms with van der Waals surface area (Å²) < 4.78 is 0. The first kappa shape index (κ1) is 9.40. The molecule has 0 saturated carbocycles. The SMILES string of the molecule is Cc1ncc(CNC2=CC(=O)CC2)s1. The summed E-state index contributed by atoms with van der Waals surface area (Å²) in [4.78, 5) is 16.3. The molecule has 4 heteroatoms. The van der Waals surface area contributed by atoms with Crippen molar-refractivity contribution >= 4 is 17.1 Å². The minimum atomic E-state index is 0.230. The second kappa shape index (κ2) is 3.92. The summed E-state index contributed by atoms with van der Waals surface area (Å²) in [5.41, 5.74) is 1.06. The van der Waals surface area contributed by atoms with Gasteiger partial charge in [-0.2, -0.15) is 0 Å². The fraction of sp³-hybridized carbons (Fsp3) is 0.400. The van der Waals surface area contributed by atoms with Crippen molar-refractivity contribution in [2.75, 3.05) is 0 Å². The highest BCUT2D eigenvalue weighted by Crippen LogP contribution is 2.15. The predicted molar refractivity (Wildman–Crippen MR) is 56.0 cm³/mol. The zero-order valence-electron chi connectivity index (χ0n) is 8.04. The molecule has 1 N–H and O–H groups in total. The molecule has 0 radical (unpaired) electrons. The summed E-state index contributed by atoms with van der Waals surface area (Å²) in [5.74, 6) is 0.230. The van der Waals surface area contributed by atoms with E-state index in [9.17, 15) is 4.79 Å². The first-order valence-corrected chi connectivity index (χ1v) is 5.44. The molecule has 0 spiro atoms. The lowest BCUT2D eigenvalue weighted by molar-refractivity contribution is -0.114. The maximum Gasteiger partial charge on any atom is 0.157 e. The van der Waals surface area contributed by atoms with Crippen molar-refractivity contribution in [2.24, 2.45) is 0 Å². The number of hydrogen-bond donors (Lipinski definition) is 1. The first-order valence-electron chi connectivity index (χ1n) is 4.62. The average Bonchev–Trinajstić information content (AvgIpc) is 2.72. The normalized spacial score (nSPS) is 15.8. The van der Waals surface area contributed by atoms with Gasteiger partial charge in [0.1, 0.15) is 0 Å². The Morgan fingerprint density at radius 2 is 2.43 bits per heavy atom. The molecule has 3 nitrogen and oxygen atoms in total. The molecule has 1 aromatic rings. The van der Waals surface area contributed by atoms with Gasteiger partial charge in [-0.3, -0.25) is 4.79 Å². The van der Waals surface area contributed by atoms with Crippen molar-refractivity contribution in [2.45, 2.75) is 26.3 Å². The lowest BCUT2D eigenvalue weighted by Crippen LogP contribution is -2.09. The summed E-state index contributed by atoms with van der Waals surface area (Å²) in [6, 6.07) is 0. The summed E-state index contributed by atoms with van der Waals surface area (Å²) >= 11 is 1.69. The minimum Gasteiger partial charge on any atom is -0.383 e. The fourth-order valence-electron chi connectivity index (χ4n) is 1.42. The Morgan fingerprint density at radius 3 is 3.00 bits per heavy atom. The molecule has 1 aromatic heterocycles. The van der Waals surface area contributed by atoms with Gasteiger partial charge >= 0.3 is 0 Å². The Hall–Kier alpha value is -1.16. The molecule has 0 aromatic carbocycles. The Bertz CT molecular complexity index is 381. The van der Waals surface area contributed by atoms with Crippen LogP contribution in [-0.2, 0) is 11.3 Å². The van der Waals surface area contributed by atoms with Crippen LogP contribution in [0, 0.1) is 6.92 Å². The van der Waals surface area contributed by atoms with Crippen molar-refractivity contribution in [3.05, 3.63) is 27.9 Å². The first-order chi connectivity index (χ1) is 6.74. The van der Waals surface area contributed by atoms with E-state index >= 15 is 0 Å². The van der Waals surface area contributed by atoms with E-state index < -0.39 is 0 Å². The van der Waals surface area contributed by atoms with Crippen molar-refractivity contribution in [1.29, 1.82) is 0 Å². The van der Waals surface area contributed by atoms with Crippen LogP contribution in [0.5, 0.6) is 0 Å². The third-order valence-corrected chi connectivity index (χ3v) is 3.05. The van der Waals surface area contributed by atoms with Crippen LogP contribution in [0.4, 0.5) is 0 Å². The van der Waals surface area contributed by atoms with Gasteiger partial charge in [0.05, 0.1) is 11.6 Å². The number of carbonyl (C=O) groups excluding carboxylic acids is 1. The van der Waals surface area contributed by atoms with Gasteiger partial charge in [-0.1, -0.05) is 0 Å². The molecule has 0 bridgehead atoms. The van der Waals surface area contributed by atoms with Crippen LogP contribution < -0.4 is 5.32 Å². The van der Waals surface area contributed by atoms with Gasteiger partial charge in [0.25, 0.3) is 0 Å². The molecule has 1 aliphatic carbocycles. The molecule has 0 amide bonds. The topological polar surface area (TPSA) is 42.0 Å². The highest BCUT2D eigenvalue weighted by atomic mass is 32.1. The van der Waals surface area contributed by atoms with Gasteiger partial charge in [-0.15, -0.1) is 11.3 Å². The van der Waals surface area contributed by atoms with Gasteiger partial charge < -0.3 is 5.32 Å². The van der Waals surface area contributed by atoms with Crippen molar-refractivity contribution in [3.8, 4) is 0 Å². The van der Waals surface area contributed by atoms with Crippen molar-refractivity contribution in [1.82, 2.24) is 10.3 Å². The Kier molecular flexibility index (Phi) is 2.63. The molecule has 1 aliphatic rings. The van der Waals surface area contributed by atoms with Gasteiger partial charge in [-0.25, -0.2) is 4.98 Å². The lowest BCUT2D eigenvalue weighted by atomic mass is 10.3. The molecule has 2 rings (SSSR count). The number of nitrogens with zero attached hydrogens (tertiary/aromatic N) is 1. The van der Waals surface area contributed by atoms with Crippen LogP contribution in [0.3, 0.4) is 0 Å². The van der Waals surface area contributed by atoms with E-state index in [1.165, 1.54) is 4.88 Å². The third-order valence-electron chi connectivity index (χ3n) is 2.13. The molecule has 0 atom stereocenters. The Balaban J connectivity index is 1.89. The zero-order valence-corrected chi connectivity index (χ0v) is 8.86. The fourth-order valence-corrected chi connectivity index (χ4v) is 2.16. The largest absolute Gasteiger partial charge is 0.383 e. The van der Waals surface area contributed by atoms with E-state index in [0.717, 1.165) is 23.7 Å². The number of thiazole rings is 1. The molecule has 14 heavy (non-hydrogen) atoms. The number of aryl methyl sites for hydroxylation is 1. The van der Waals surface area contributed by atoms with Gasteiger partial charge in [-0.05, 0) is 13.3 Å². The molecule has 0 saturated heterocycles. The molecule has 74 valence electrons. The maximum atomic E-state index is 10.9. The molecular formula is C10H12N2OS. The number of nitrogens with one attached hydrogen (secondary N) is 1. The number of ketones is 1. The molecule has 0 aliphatic heterocycles. The van der Waals surface area contributed by atoms with Crippen LogP contribution in [0.1, 0.15) is 22.7 Å². The predicted octanol–water partition coefficient (Wildman–Crippen LogP) is 1.79. The number of rotatable bonds is 3. The second-order valence-corrected chi connectivity index (χ2v) is 4.65. The van der Waals surface area contributed by atoms with E-state index in [1.54, 1.807) is 17.4 Å². The highest BCUT2D eigenvalue weighted by Gasteiger charge is 2.11. The van der Waals surface area contributed by atoms with Crippen LogP contribution in [-0.4, -0.2) is 10.8 Å². The van der Waals surface area contributed by atoms with E-state index in [0.29, 0.717) is 6.42 Å². The molecule has 0 fully saturated rings. The lowest BCUT2D eigenvalue weighted by Gasteiger charge is -2.03. The molecule has 0 unspecified atom stereocenters. The number of aromatic nitrogens is 1. The van der Waals surface area contributed by atoms with E-state index in [2.05, 4.69) is 10.3 Å². The monoisotopic (exact) mass is 208 g/mol. The summed E-state index contributed by atoms with van der Waals surface area (Å²) in [5, 5.41) is 4.33. The van der Waals surface area contributed by atoms with E-state index in [4.69, 9.17) is 0 Å². The number of carbonyl (C=O) groups is 1. The Labute approximate surface area is 86.9 Å². The molecule has 1 heterocycles. The molecular weight excluding hydrogens is 196 g/mol. The Morgan fingerprint density at radius 1 is 1.57 bits per heavy atom. The van der Waals surface area contributed by atoms with Gasteiger partial charge in [0.2, 0.25) is 0 Å². The van der Waals surface area contributed by atoms with Gasteiger partial charge in [0.15, 0.2) is 5.78 Å². The quantitative estimate of drug-likeness (QED) is 0.823. The number of hydrogen-bond acceptors (Lipinski definition) is 4. The summed E-state index contributed by atoms with van der Waals surface area (Å²) in [6.07, 6.45) is 5.10. The van der Waals surface area contributed by atoms with Crippen molar-refractivity contribution in [3.63, 3.8) is 0 Å². The summed E-state index contributed by atoms with van der Waals surface area (Å²) in [7, 11) is 0. The van der Waals surface area contributed by atoms with Crippen molar-refractivity contribution < 1.29 is 4.79 Å². The third kappa shape index (κ3) is 2.20. The smallest absolute Gasteiger partial charge is 0.157 e. The van der Waals surface area contributed by atoms with E-state index in [-0.39, 0.29) is 5.78 Å². The van der Waals surface area contributed by atoms with Crippen LogP contribution in [0.25, 0.3) is 0 Å². The zero-order chi connectivity index (χ0) is 9.97. The van der Waals surface area contributed by atoms with Crippen LogP contribution >= 0.6 is 11.3 Å². The van der Waals surface area contributed by atoms with Crippen LogP contribution in [0.15, 0.2) is 18.0 Å². The van der Waals surface area contributed by atoms with Crippen LogP contribution in [0.2, 0.25) is 0 Å².